The van der Waals surface area contributed by atoms with Crippen molar-refractivity contribution in [2.45, 2.75) is 37.8 Å². The third-order valence-corrected chi connectivity index (χ3v) is 5.45. The van der Waals surface area contributed by atoms with Gasteiger partial charge in [-0.1, -0.05) is 12.1 Å². The lowest BCUT2D eigenvalue weighted by atomic mass is 9.87. The van der Waals surface area contributed by atoms with Crippen LogP contribution in [0, 0.1) is 0 Å². The van der Waals surface area contributed by atoms with Gasteiger partial charge in [-0.15, -0.1) is 0 Å². The Bertz CT molecular complexity index is 680. The normalized spacial score (nSPS) is 23.1. The van der Waals surface area contributed by atoms with Gasteiger partial charge in [0.1, 0.15) is 11.3 Å². The second-order valence-electron chi connectivity index (χ2n) is 7.05. The first-order valence-corrected chi connectivity index (χ1v) is 8.65. The fourth-order valence-electron chi connectivity index (χ4n) is 3.96. The van der Waals surface area contributed by atoms with Gasteiger partial charge in [-0.25, -0.2) is 4.79 Å². The quantitative estimate of drug-likeness (QED) is 0.836. The molecule has 1 aromatic rings. The van der Waals surface area contributed by atoms with Crippen LogP contribution in [0.3, 0.4) is 0 Å². The summed E-state index contributed by atoms with van der Waals surface area (Å²) in [5, 5.41) is 2.89. The van der Waals surface area contributed by atoms with Crippen molar-refractivity contribution in [2.24, 2.45) is 0 Å². The van der Waals surface area contributed by atoms with E-state index in [0.29, 0.717) is 12.8 Å². The molecule has 1 spiro atoms. The van der Waals surface area contributed by atoms with Crippen LogP contribution in [-0.2, 0) is 17.8 Å². The second-order valence-corrected chi connectivity index (χ2v) is 7.05. The summed E-state index contributed by atoms with van der Waals surface area (Å²) < 4.78 is 5.67. The van der Waals surface area contributed by atoms with Crippen molar-refractivity contribution in [3.63, 3.8) is 0 Å². The van der Waals surface area contributed by atoms with Crippen LogP contribution in [0.5, 0.6) is 5.75 Å². The summed E-state index contributed by atoms with van der Waals surface area (Å²) in [4.78, 5) is 27.6. The fourth-order valence-corrected chi connectivity index (χ4v) is 3.96. The van der Waals surface area contributed by atoms with E-state index in [-0.39, 0.29) is 11.9 Å². The molecular weight excluding hydrogens is 306 g/mol. The molecule has 3 aliphatic heterocycles. The maximum atomic E-state index is 12.3. The van der Waals surface area contributed by atoms with Gasteiger partial charge >= 0.3 is 6.03 Å². The molecule has 2 saturated heterocycles. The monoisotopic (exact) mass is 329 g/mol. The first-order chi connectivity index (χ1) is 11.6. The number of hydrogen-bond acceptors (Lipinski definition) is 4. The Kier molecular flexibility index (Phi) is 3.72. The number of rotatable bonds is 2. The maximum absolute atomic E-state index is 12.3. The lowest BCUT2D eigenvalue weighted by molar-refractivity contribution is -0.132. The van der Waals surface area contributed by atoms with Gasteiger partial charge in [-0.05, 0) is 42.9 Å². The third-order valence-electron chi connectivity index (χ3n) is 5.45. The molecule has 3 aliphatic rings. The van der Waals surface area contributed by atoms with Crippen molar-refractivity contribution in [1.82, 2.24) is 15.1 Å². The molecule has 0 aromatic heterocycles. The number of fused-ring (bicyclic) bond motifs is 1. The molecule has 0 saturated carbocycles. The highest BCUT2D eigenvalue weighted by atomic mass is 16.5. The van der Waals surface area contributed by atoms with Gasteiger partial charge in [0.2, 0.25) is 0 Å². The van der Waals surface area contributed by atoms with Crippen molar-refractivity contribution in [1.29, 1.82) is 0 Å². The van der Waals surface area contributed by atoms with Crippen LogP contribution in [0.15, 0.2) is 18.2 Å². The van der Waals surface area contributed by atoms with Crippen LogP contribution in [0.2, 0.25) is 0 Å². The Balaban J connectivity index is 1.40. The van der Waals surface area contributed by atoms with Crippen LogP contribution >= 0.6 is 0 Å². The Morgan fingerprint density at radius 2 is 2.04 bits per heavy atom. The fraction of sp³-hybridized carbons (Fsp3) is 0.556. The van der Waals surface area contributed by atoms with Gasteiger partial charge in [0.25, 0.3) is 5.91 Å². The highest BCUT2D eigenvalue weighted by molar-refractivity contribution is 6.06. The average Bonchev–Trinajstić information content (AvgIpc) is 2.81. The molecule has 0 radical (unpaired) electrons. The molecular formula is C18H23N3O3. The number of nitrogens with one attached hydrogen (secondary N) is 1. The molecule has 3 heterocycles. The first kappa shape index (κ1) is 15.4. The SMILES string of the molecule is CN1C(=O)NC2(CCN(Cc3ccc4c(c3)CCCO4)CC2)C1=O. The minimum absolute atomic E-state index is 0.0851. The van der Waals surface area contributed by atoms with Crippen molar-refractivity contribution in [2.75, 3.05) is 26.7 Å². The van der Waals surface area contributed by atoms with Crippen LogP contribution < -0.4 is 10.1 Å². The minimum Gasteiger partial charge on any atom is -0.493 e. The smallest absolute Gasteiger partial charge is 0.324 e. The van der Waals surface area contributed by atoms with E-state index in [1.165, 1.54) is 16.0 Å². The summed E-state index contributed by atoms with van der Waals surface area (Å²) in [6.45, 7) is 3.32. The van der Waals surface area contributed by atoms with E-state index < -0.39 is 5.54 Å². The number of aryl methyl sites for hydroxylation is 1. The molecule has 1 N–H and O–H groups in total. The van der Waals surface area contributed by atoms with Gasteiger partial charge in [-0.2, -0.15) is 0 Å². The van der Waals surface area contributed by atoms with E-state index in [9.17, 15) is 9.59 Å². The number of amides is 3. The highest BCUT2D eigenvalue weighted by Crippen LogP contribution is 2.30. The lowest BCUT2D eigenvalue weighted by Crippen LogP contribution is -2.54. The zero-order chi connectivity index (χ0) is 16.7. The standard InChI is InChI=1S/C18H23N3O3/c1-20-16(22)18(19-17(20)23)6-8-21(9-7-18)12-13-4-5-15-14(11-13)3-2-10-24-15/h4-5,11H,2-3,6-10,12H2,1H3,(H,19,23). The molecule has 24 heavy (non-hydrogen) atoms. The van der Waals surface area contributed by atoms with Gasteiger partial charge in [0, 0.05) is 26.7 Å². The Hall–Kier alpha value is -2.08. The van der Waals surface area contributed by atoms with E-state index in [0.717, 1.165) is 44.8 Å². The zero-order valence-corrected chi connectivity index (χ0v) is 14.0. The summed E-state index contributed by atoms with van der Waals surface area (Å²) in [5.74, 6) is 0.933. The van der Waals surface area contributed by atoms with Crippen LogP contribution in [0.4, 0.5) is 4.79 Å². The van der Waals surface area contributed by atoms with E-state index in [2.05, 4.69) is 28.4 Å². The van der Waals surface area contributed by atoms with E-state index >= 15 is 0 Å². The largest absolute Gasteiger partial charge is 0.493 e. The Morgan fingerprint density at radius 1 is 1.25 bits per heavy atom. The molecule has 6 heteroatoms. The number of imide groups is 1. The number of nitrogens with zero attached hydrogens (tertiary/aromatic N) is 2. The second kappa shape index (κ2) is 5.77. The summed E-state index contributed by atoms with van der Waals surface area (Å²) >= 11 is 0. The predicted molar refractivity (Wildman–Crippen MR) is 88.8 cm³/mol. The molecule has 3 amide bonds. The maximum Gasteiger partial charge on any atom is 0.324 e. The minimum atomic E-state index is -0.675. The molecule has 4 rings (SSSR count). The van der Waals surface area contributed by atoms with Crippen molar-refractivity contribution in [3.8, 4) is 5.75 Å². The van der Waals surface area contributed by atoms with Crippen molar-refractivity contribution in [3.05, 3.63) is 29.3 Å². The van der Waals surface area contributed by atoms with Gasteiger partial charge in [-0.3, -0.25) is 14.6 Å². The molecule has 128 valence electrons. The average molecular weight is 329 g/mol. The number of likely N-dealkylation sites (tertiary alicyclic amines) is 1. The zero-order valence-electron chi connectivity index (χ0n) is 14.0. The number of likely N-dealkylation sites (N-methyl/N-ethyl adjacent to an activating group) is 1. The molecule has 0 aliphatic carbocycles. The Morgan fingerprint density at radius 3 is 2.75 bits per heavy atom. The van der Waals surface area contributed by atoms with E-state index in [1.54, 1.807) is 7.05 Å². The van der Waals surface area contributed by atoms with Gasteiger partial charge < -0.3 is 10.1 Å². The third kappa shape index (κ3) is 2.55. The first-order valence-electron chi connectivity index (χ1n) is 8.65. The highest BCUT2D eigenvalue weighted by Gasteiger charge is 2.50. The van der Waals surface area contributed by atoms with Crippen molar-refractivity contribution >= 4 is 11.9 Å². The number of carbonyl (C=O) groups excluding carboxylic acids is 2. The molecule has 2 fully saturated rings. The molecule has 0 unspecified atom stereocenters. The summed E-state index contributed by atoms with van der Waals surface area (Å²) in [5.41, 5.74) is 1.91. The number of piperidine rings is 1. The van der Waals surface area contributed by atoms with E-state index in [1.807, 2.05) is 0 Å². The van der Waals surface area contributed by atoms with Crippen LogP contribution in [0.1, 0.15) is 30.4 Å². The Labute approximate surface area is 141 Å². The summed E-state index contributed by atoms with van der Waals surface area (Å²) in [6.07, 6.45) is 3.52. The number of carbonyl (C=O) groups is 2. The van der Waals surface area contributed by atoms with Crippen LogP contribution in [0.25, 0.3) is 0 Å². The predicted octanol–water partition coefficient (Wildman–Crippen LogP) is 1.53. The van der Waals surface area contributed by atoms with Gasteiger partial charge in [0.15, 0.2) is 0 Å². The lowest BCUT2D eigenvalue weighted by Gasteiger charge is -2.37. The summed E-state index contributed by atoms with van der Waals surface area (Å²) in [6, 6.07) is 6.17. The number of ether oxygens (including phenoxy) is 1. The number of urea groups is 1. The topological polar surface area (TPSA) is 61.9 Å². The molecule has 0 bridgehead atoms. The molecule has 0 atom stereocenters. The van der Waals surface area contributed by atoms with Crippen molar-refractivity contribution < 1.29 is 14.3 Å². The van der Waals surface area contributed by atoms with Gasteiger partial charge in [0.05, 0.1) is 6.61 Å². The molecule has 6 nitrogen and oxygen atoms in total. The van der Waals surface area contributed by atoms with Crippen LogP contribution in [-0.4, -0.2) is 54.0 Å². The summed E-state index contributed by atoms with van der Waals surface area (Å²) in [7, 11) is 1.55. The number of hydrogen-bond donors (Lipinski definition) is 1. The molecule has 1 aromatic carbocycles. The number of benzene rings is 1. The van der Waals surface area contributed by atoms with E-state index in [4.69, 9.17) is 4.74 Å².